The van der Waals surface area contributed by atoms with Crippen molar-refractivity contribution in [2.24, 2.45) is 0 Å². The van der Waals surface area contributed by atoms with Crippen molar-refractivity contribution in [3.63, 3.8) is 0 Å². The lowest BCUT2D eigenvalue weighted by Crippen LogP contribution is -2.49. The molecular formula is C21H24N6O2. The van der Waals surface area contributed by atoms with E-state index in [9.17, 15) is 4.79 Å². The van der Waals surface area contributed by atoms with Crippen LogP contribution in [-0.2, 0) is 0 Å². The summed E-state index contributed by atoms with van der Waals surface area (Å²) in [6.45, 7) is 8.68. The number of hydrogen-bond acceptors (Lipinski definition) is 7. The van der Waals surface area contributed by atoms with Crippen LogP contribution in [0.2, 0.25) is 0 Å². The molecule has 0 atom stereocenters. The third-order valence-corrected chi connectivity index (χ3v) is 5.06. The first-order chi connectivity index (χ1) is 14.0. The predicted molar refractivity (Wildman–Crippen MR) is 111 cm³/mol. The van der Waals surface area contributed by atoms with Crippen LogP contribution in [0.5, 0.6) is 0 Å². The summed E-state index contributed by atoms with van der Waals surface area (Å²) in [5, 5.41) is 11.7. The fourth-order valence-electron chi connectivity index (χ4n) is 3.66. The molecule has 0 bridgehead atoms. The van der Waals surface area contributed by atoms with Gasteiger partial charge in [-0.3, -0.25) is 4.79 Å². The van der Waals surface area contributed by atoms with Gasteiger partial charge >= 0.3 is 0 Å². The minimum Gasteiger partial charge on any atom is -0.459 e. The standard InChI is InChI=1S/C21H24N6O2/c1-14-11-15(2)19(16(3)12-14)23-18-13-22-25-21(24-18)27-8-6-26(7-9-27)20(28)17-5-4-10-29-17/h4-5,10-13H,6-9H2,1-3H3,(H,23,24,25). The highest BCUT2D eigenvalue weighted by molar-refractivity contribution is 5.91. The van der Waals surface area contributed by atoms with Gasteiger partial charge in [0.2, 0.25) is 5.95 Å². The molecule has 3 heterocycles. The van der Waals surface area contributed by atoms with Gasteiger partial charge in [-0.1, -0.05) is 17.7 Å². The molecule has 4 rings (SSSR count). The number of nitrogens with zero attached hydrogens (tertiary/aromatic N) is 5. The Balaban J connectivity index is 1.44. The first-order valence-electron chi connectivity index (χ1n) is 9.63. The summed E-state index contributed by atoms with van der Waals surface area (Å²) in [5.74, 6) is 1.49. The zero-order chi connectivity index (χ0) is 20.4. The molecule has 1 aromatic carbocycles. The molecule has 0 radical (unpaired) electrons. The third kappa shape index (κ3) is 4.06. The topological polar surface area (TPSA) is 87.4 Å². The number of amides is 1. The van der Waals surface area contributed by atoms with Crippen molar-refractivity contribution in [2.45, 2.75) is 20.8 Å². The second-order valence-corrected chi connectivity index (χ2v) is 7.30. The van der Waals surface area contributed by atoms with Crippen molar-refractivity contribution in [2.75, 3.05) is 36.4 Å². The maximum Gasteiger partial charge on any atom is 0.289 e. The first kappa shape index (κ1) is 18.9. The molecule has 0 spiro atoms. The third-order valence-electron chi connectivity index (χ3n) is 5.06. The summed E-state index contributed by atoms with van der Waals surface area (Å²) in [6, 6.07) is 7.69. The second-order valence-electron chi connectivity index (χ2n) is 7.30. The smallest absolute Gasteiger partial charge is 0.289 e. The number of piperazine rings is 1. The molecule has 150 valence electrons. The van der Waals surface area contributed by atoms with Crippen molar-refractivity contribution in [3.8, 4) is 0 Å². The molecule has 0 saturated carbocycles. The monoisotopic (exact) mass is 392 g/mol. The van der Waals surface area contributed by atoms with Gasteiger partial charge in [-0.05, 0) is 44.0 Å². The van der Waals surface area contributed by atoms with Gasteiger partial charge < -0.3 is 19.5 Å². The Morgan fingerprint density at radius 3 is 2.48 bits per heavy atom. The van der Waals surface area contributed by atoms with Gasteiger partial charge in [0.05, 0.1) is 12.5 Å². The number of carbonyl (C=O) groups excluding carboxylic acids is 1. The normalized spacial score (nSPS) is 14.2. The lowest BCUT2D eigenvalue weighted by atomic mass is 10.1. The van der Waals surface area contributed by atoms with Crippen molar-refractivity contribution in [1.82, 2.24) is 20.1 Å². The highest BCUT2D eigenvalue weighted by atomic mass is 16.3. The van der Waals surface area contributed by atoms with Gasteiger partial charge in [0.25, 0.3) is 5.91 Å². The molecule has 1 saturated heterocycles. The molecule has 1 fully saturated rings. The zero-order valence-electron chi connectivity index (χ0n) is 16.8. The Morgan fingerprint density at radius 2 is 1.83 bits per heavy atom. The summed E-state index contributed by atoms with van der Waals surface area (Å²) in [7, 11) is 0. The predicted octanol–water partition coefficient (Wildman–Crippen LogP) is 3.10. The van der Waals surface area contributed by atoms with E-state index in [0.717, 1.165) is 16.8 Å². The highest BCUT2D eigenvalue weighted by Crippen LogP contribution is 2.25. The van der Waals surface area contributed by atoms with Crippen LogP contribution in [0.3, 0.4) is 0 Å². The largest absolute Gasteiger partial charge is 0.459 e. The van der Waals surface area contributed by atoms with Gasteiger partial charge in [-0.25, -0.2) is 0 Å². The molecule has 0 unspecified atom stereocenters. The van der Waals surface area contributed by atoms with Crippen LogP contribution in [0.4, 0.5) is 17.5 Å². The maximum atomic E-state index is 12.4. The Kier molecular flexibility index (Phi) is 5.16. The fraction of sp³-hybridized carbons (Fsp3) is 0.333. The number of rotatable bonds is 4. The Hall–Kier alpha value is -3.42. The number of aromatic nitrogens is 3. The van der Waals surface area contributed by atoms with E-state index in [1.54, 1.807) is 23.2 Å². The second kappa shape index (κ2) is 7.90. The van der Waals surface area contributed by atoms with Gasteiger partial charge in [0.15, 0.2) is 11.6 Å². The number of nitrogens with one attached hydrogen (secondary N) is 1. The molecule has 8 heteroatoms. The number of hydrogen-bond donors (Lipinski definition) is 1. The number of benzene rings is 1. The summed E-state index contributed by atoms with van der Waals surface area (Å²) in [5.41, 5.74) is 4.59. The minimum atomic E-state index is -0.0885. The molecule has 1 aliphatic rings. The van der Waals surface area contributed by atoms with Crippen molar-refractivity contribution in [3.05, 3.63) is 59.2 Å². The summed E-state index contributed by atoms with van der Waals surface area (Å²) >= 11 is 0. The van der Waals surface area contributed by atoms with E-state index in [0.29, 0.717) is 43.7 Å². The van der Waals surface area contributed by atoms with Crippen molar-refractivity contribution in [1.29, 1.82) is 0 Å². The molecule has 0 aliphatic carbocycles. The van der Waals surface area contributed by atoms with Crippen molar-refractivity contribution < 1.29 is 9.21 Å². The summed E-state index contributed by atoms with van der Waals surface area (Å²) in [4.78, 5) is 20.9. The Labute approximate surface area is 169 Å². The molecule has 3 aromatic rings. The number of carbonyl (C=O) groups is 1. The lowest BCUT2D eigenvalue weighted by molar-refractivity contribution is 0.0714. The molecule has 29 heavy (non-hydrogen) atoms. The zero-order valence-corrected chi connectivity index (χ0v) is 16.8. The fourth-order valence-corrected chi connectivity index (χ4v) is 3.66. The molecule has 1 N–H and O–H groups in total. The molecular weight excluding hydrogens is 368 g/mol. The van der Waals surface area contributed by atoms with Gasteiger partial charge in [0, 0.05) is 31.9 Å². The minimum absolute atomic E-state index is 0.0885. The first-order valence-corrected chi connectivity index (χ1v) is 9.63. The van der Waals surface area contributed by atoms with E-state index in [4.69, 9.17) is 4.42 Å². The van der Waals surface area contributed by atoms with Crippen LogP contribution in [0.25, 0.3) is 0 Å². The van der Waals surface area contributed by atoms with Crippen LogP contribution in [0.1, 0.15) is 27.2 Å². The molecule has 1 amide bonds. The molecule has 8 nitrogen and oxygen atoms in total. The lowest BCUT2D eigenvalue weighted by Gasteiger charge is -2.34. The average Bonchev–Trinajstić information content (AvgIpc) is 3.25. The van der Waals surface area contributed by atoms with E-state index >= 15 is 0 Å². The Morgan fingerprint density at radius 1 is 1.10 bits per heavy atom. The SMILES string of the molecule is Cc1cc(C)c(Nc2cnnc(N3CCN(C(=O)c4ccco4)CC3)n2)c(C)c1. The van der Waals surface area contributed by atoms with Crippen LogP contribution < -0.4 is 10.2 Å². The van der Waals surface area contributed by atoms with Gasteiger partial charge in [-0.15, -0.1) is 5.10 Å². The summed E-state index contributed by atoms with van der Waals surface area (Å²) < 4.78 is 5.21. The molecule has 1 aliphatic heterocycles. The van der Waals surface area contributed by atoms with Crippen molar-refractivity contribution >= 4 is 23.4 Å². The summed E-state index contributed by atoms with van der Waals surface area (Å²) in [6.07, 6.45) is 3.14. The quantitative estimate of drug-likeness (QED) is 0.730. The van der Waals surface area contributed by atoms with E-state index in [1.807, 2.05) is 4.90 Å². The van der Waals surface area contributed by atoms with Crippen LogP contribution in [-0.4, -0.2) is 52.2 Å². The Bertz CT molecular complexity index is 987. The van der Waals surface area contributed by atoms with Crippen LogP contribution >= 0.6 is 0 Å². The number of aryl methyl sites for hydroxylation is 3. The van der Waals surface area contributed by atoms with Crippen LogP contribution in [0, 0.1) is 20.8 Å². The molecule has 2 aromatic heterocycles. The average molecular weight is 392 g/mol. The van der Waals surface area contributed by atoms with Gasteiger partial charge in [-0.2, -0.15) is 10.1 Å². The highest BCUT2D eigenvalue weighted by Gasteiger charge is 2.25. The van der Waals surface area contributed by atoms with Gasteiger partial charge in [0.1, 0.15) is 0 Å². The van der Waals surface area contributed by atoms with E-state index in [-0.39, 0.29) is 5.91 Å². The number of anilines is 3. The van der Waals surface area contributed by atoms with E-state index < -0.39 is 0 Å². The van der Waals surface area contributed by atoms with E-state index in [1.165, 1.54) is 11.8 Å². The van der Waals surface area contributed by atoms with E-state index in [2.05, 4.69) is 53.4 Å². The maximum absolute atomic E-state index is 12.4. The van der Waals surface area contributed by atoms with Crippen LogP contribution in [0.15, 0.2) is 41.1 Å². The number of furan rings is 1.